The van der Waals surface area contributed by atoms with Crippen LogP contribution in [0.1, 0.15) is 29.6 Å². The highest BCUT2D eigenvalue weighted by Gasteiger charge is 2.42. The Balaban J connectivity index is 1.47. The standard InChI is InChI=1S/C18H21FN2O6S/c19-15-4-2-1-3-14(15)18(24)20-9-17(23)27-10-16(22)21(12-5-6-12)13-7-8-28(25,26)11-13/h1-4,12-13H,5-11H2,(H,20,24)/t13-/m0/s1. The Bertz CT molecular complexity index is 884. The minimum atomic E-state index is -3.14. The topological polar surface area (TPSA) is 110 Å². The first-order valence-corrected chi connectivity index (χ1v) is 10.8. The summed E-state index contributed by atoms with van der Waals surface area (Å²) in [6.45, 7) is -1.04. The van der Waals surface area contributed by atoms with E-state index in [9.17, 15) is 27.2 Å². The van der Waals surface area contributed by atoms with Crippen LogP contribution in [0.5, 0.6) is 0 Å². The van der Waals surface area contributed by atoms with E-state index in [2.05, 4.69) is 5.32 Å². The Hall–Kier alpha value is -2.49. The minimum absolute atomic E-state index is 0.00902. The zero-order valence-electron chi connectivity index (χ0n) is 15.1. The predicted octanol–water partition coefficient (Wildman–Crippen LogP) is 0.277. The molecule has 2 aliphatic rings. The van der Waals surface area contributed by atoms with Crippen molar-refractivity contribution in [2.45, 2.75) is 31.3 Å². The number of esters is 1. The number of carbonyl (C=O) groups is 3. The molecule has 1 aliphatic heterocycles. The number of rotatable bonds is 7. The van der Waals surface area contributed by atoms with Crippen LogP contribution in [0.2, 0.25) is 0 Å². The van der Waals surface area contributed by atoms with Crippen LogP contribution in [-0.4, -0.2) is 67.8 Å². The second kappa shape index (κ2) is 8.26. The van der Waals surface area contributed by atoms with Gasteiger partial charge in [-0.3, -0.25) is 14.4 Å². The van der Waals surface area contributed by atoms with Gasteiger partial charge in [0.15, 0.2) is 16.4 Å². The van der Waals surface area contributed by atoms with Crippen LogP contribution >= 0.6 is 0 Å². The molecule has 3 rings (SSSR count). The molecule has 28 heavy (non-hydrogen) atoms. The third kappa shape index (κ3) is 5.06. The van der Waals surface area contributed by atoms with E-state index < -0.39 is 46.6 Å². The third-order valence-electron chi connectivity index (χ3n) is 4.70. The summed E-state index contributed by atoms with van der Waals surface area (Å²) in [6, 6.07) is 4.94. The lowest BCUT2D eigenvalue weighted by Gasteiger charge is -2.28. The number of hydrogen-bond donors (Lipinski definition) is 1. The molecule has 1 atom stereocenters. The van der Waals surface area contributed by atoms with Gasteiger partial charge in [-0.05, 0) is 31.4 Å². The highest BCUT2D eigenvalue weighted by atomic mass is 32.2. The van der Waals surface area contributed by atoms with Crippen molar-refractivity contribution in [2.24, 2.45) is 0 Å². The quantitative estimate of drug-likeness (QED) is 0.644. The fraction of sp³-hybridized carbons (Fsp3) is 0.500. The summed E-state index contributed by atoms with van der Waals surface area (Å²) < 4.78 is 41.8. The SMILES string of the molecule is O=C(CNC(=O)c1ccccc1F)OCC(=O)N(C1CC1)[C@H]1CCS(=O)(=O)C1. The molecule has 1 aliphatic carbocycles. The molecular weight excluding hydrogens is 391 g/mol. The normalized spacial score (nSPS) is 20.4. The van der Waals surface area contributed by atoms with Crippen molar-refractivity contribution >= 4 is 27.6 Å². The summed E-state index contributed by atoms with van der Waals surface area (Å²) >= 11 is 0. The fourth-order valence-electron chi connectivity index (χ4n) is 3.21. The molecule has 152 valence electrons. The van der Waals surface area contributed by atoms with Gasteiger partial charge in [0.05, 0.1) is 17.1 Å². The maximum absolute atomic E-state index is 13.5. The average molecular weight is 412 g/mol. The van der Waals surface area contributed by atoms with Crippen molar-refractivity contribution in [2.75, 3.05) is 24.7 Å². The van der Waals surface area contributed by atoms with Crippen LogP contribution in [0.4, 0.5) is 4.39 Å². The molecule has 1 N–H and O–H groups in total. The number of amides is 2. The molecular formula is C18H21FN2O6S. The van der Waals surface area contributed by atoms with Crippen LogP contribution in [0.15, 0.2) is 24.3 Å². The monoisotopic (exact) mass is 412 g/mol. The lowest BCUT2D eigenvalue weighted by molar-refractivity contribution is -0.152. The molecule has 1 saturated carbocycles. The number of benzene rings is 1. The number of nitrogens with one attached hydrogen (secondary N) is 1. The molecule has 8 nitrogen and oxygen atoms in total. The number of nitrogens with zero attached hydrogens (tertiary/aromatic N) is 1. The van der Waals surface area contributed by atoms with E-state index in [0.717, 1.165) is 18.9 Å². The van der Waals surface area contributed by atoms with Gasteiger partial charge in [-0.1, -0.05) is 12.1 Å². The Kier molecular flexibility index (Phi) is 5.97. The van der Waals surface area contributed by atoms with Gasteiger partial charge in [0, 0.05) is 12.1 Å². The average Bonchev–Trinajstić information content (AvgIpc) is 3.41. The van der Waals surface area contributed by atoms with Crippen LogP contribution in [0.3, 0.4) is 0 Å². The van der Waals surface area contributed by atoms with Gasteiger partial charge in [0.25, 0.3) is 11.8 Å². The number of hydrogen-bond acceptors (Lipinski definition) is 6. The van der Waals surface area contributed by atoms with Crippen LogP contribution in [0.25, 0.3) is 0 Å². The largest absolute Gasteiger partial charge is 0.454 e. The van der Waals surface area contributed by atoms with E-state index in [1.807, 2.05) is 0 Å². The van der Waals surface area contributed by atoms with E-state index >= 15 is 0 Å². The molecule has 2 fully saturated rings. The van der Waals surface area contributed by atoms with Crippen molar-refractivity contribution in [1.29, 1.82) is 0 Å². The number of carbonyl (C=O) groups excluding carboxylic acids is 3. The third-order valence-corrected chi connectivity index (χ3v) is 6.45. The van der Waals surface area contributed by atoms with Gasteiger partial charge in [0.1, 0.15) is 12.4 Å². The molecule has 0 spiro atoms. The molecule has 1 saturated heterocycles. The van der Waals surface area contributed by atoms with Crippen LogP contribution in [0, 0.1) is 5.82 Å². The second-order valence-electron chi connectivity index (χ2n) is 6.91. The van der Waals surface area contributed by atoms with Gasteiger partial charge < -0.3 is 15.0 Å². The molecule has 0 aromatic heterocycles. The van der Waals surface area contributed by atoms with E-state index in [4.69, 9.17) is 4.74 Å². The number of halogens is 1. The summed E-state index contributed by atoms with van der Waals surface area (Å²) in [5.41, 5.74) is -0.200. The molecule has 0 unspecified atom stereocenters. The van der Waals surface area contributed by atoms with Crippen molar-refractivity contribution in [1.82, 2.24) is 10.2 Å². The van der Waals surface area contributed by atoms with Gasteiger partial charge in [-0.25, -0.2) is 12.8 Å². The Morgan fingerprint density at radius 1 is 1.14 bits per heavy atom. The molecule has 0 bridgehead atoms. The van der Waals surface area contributed by atoms with Gasteiger partial charge in [0.2, 0.25) is 0 Å². The van der Waals surface area contributed by atoms with Crippen LogP contribution in [-0.2, 0) is 24.2 Å². The molecule has 0 radical (unpaired) electrons. The zero-order chi connectivity index (χ0) is 20.3. The summed E-state index contributed by atoms with van der Waals surface area (Å²) in [4.78, 5) is 37.6. The van der Waals surface area contributed by atoms with Crippen molar-refractivity contribution in [3.05, 3.63) is 35.6 Å². The maximum atomic E-state index is 13.5. The molecule has 1 aromatic carbocycles. The predicted molar refractivity (Wildman–Crippen MR) is 96.6 cm³/mol. The molecule has 1 heterocycles. The second-order valence-corrected chi connectivity index (χ2v) is 9.14. The lowest BCUT2D eigenvalue weighted by Crippen LogP contribution is -2.45. The number of sulfone groups is 1. The van der Waals surface area contributed by atoms with Crippen molar-refractivity contribution in [3.63, 3.8) is 0 Å². The molecule has 1 aromatic rings. The van der Waals surface area contributed by atoms with E-state index in [1.54, 1.807) is 0 Å². The Labute approximate surface area is 161 Å². The van der Waals surface area contributed by atoms with Crippen molar-refractivity contribution < 1.29 is 31.9 Å². The lowest BCUT2D eigenvalue weighted by atomic mass is 10.2. The van der Waals surface area contributed by atoms with Crippen LogP contribution < -0.4 is 5.32 Å². The minimum Gasteiger partial charge on any atom is -0.454 e. The summed E-state index contributed by atoms with van der Waals surface area (Å²) in [7, 11) is -3.14. The van der Waals surface area contributed by atoms with E-state index in [1.165, 1.54) is 23.1 Å². The van der Waals surface area contributed by atoms with Crippen molar-refractivity contribution in [3.8, 4) is 0 Å². The van der Waals surface area contributed by atoms with E-state index in [-0.39, 0.29) is 29.2 Å². The maximum Gasteiger partial charge on any atom is 0.325 e. The first kappa shape index (κ1) is 20.2. The highest BCUT2D eigenvalue weighted by Crippen LogP contribution is 2.32. The molecule has 10 heteroatoms. The zero-order valence-corrected chi connectivity index (χ0v) is 15.9. The summed E-state index contributed by atoms with van der Waals surface area (Å²) in [6.07, 6.45) is 1.99. The fourth-order valence-corrected chi connectivity index (χ4v) is 4.93. The number of ether oxygens (including phenoxy) is 1. The summed E-state index contributed by atoms with van der Waals surface area (Å²) in [5.74, 6) is -2.78. The Morgan fingerprint density at radius 3 is 2.46 bits per heavy atom. The Morgan fingerprint density at radius 2 is 1.86 bits per heavy atom. The summed E-state index contributed by atoms with van der Waals surface area (Å²) in [5, 5.41) is 2.24. The van der Waals surface area contributed by atoms with Gasteiger partial charge in [-0.15, -0.1) is 0 Å². The van der Waals surface area contributed by atoms with Gasteiger partial charge >= 0.3 is 5.97 Å². The van der Waals surface area contributed by atoms with E-state index in [0.29, 0.717) is 6.42 Å². The molecule has 2 amide bonds. The highest BCUT2D eigenvalue weighted by molar-refractivity contribution is 7.91. The first-order chi connectivity index (χ1) is 13.3. The van der Waals surface area contributed by atoms with Gasteiger partial charge in [-0.2, -0.15) is 0 Å². The smallest absolute Gasteiger partial charge is 0.325 e. The first-order valence-electron chi connectivity index (χ1n) is 8.97.